The number of aromatic nitrogens is 2. The van der Waals surface area contributed by atoms with Crippen molar-refractivity contribution in [2.45, 2.75) is 26.1 Å². The largest absolute Gasteiger partial charge is 0.396 e. The van der Waals surface area contributed by atoms with Gasteiger partial charge in [0.2, 0.25) is 0 Å². The Hall–Kier alpha value is -1.44. The first kappa shape index (κ1) is 17.4. The van der Waals surface area contributed by atoms with Gasteiger partial charge in [-0.05, 0) is 19.8 Å². The molecule has 2 aliphatic rings. The lowest BCUT2D eigenvalue weighted by Crippen LogP contribution is -2.48. The van der Waals surface area contributed by atoms with E-state index < -0.39 is 0 Å². The van der Waals surface area contributed by atoms with Crippen molar-refractivity contribution < 1.29 is 14.6 Å². The number of ether oxygens (including phenoxy) is 1. The number of aliphatic hydroxyl groups excluding tert-OH is 1. The molecule has 134 valence electrons. The van der Waals surface area contributed by atoms with Crippen LogP contribution in [0.4, 0.5) is 0 Å². The molecular weight excluding hydrogens is 308 g/mol. The summed E-state index contributed by atoms with van der Waals surface area (Å²) in [5, 5.41) is 13.8. The van der Waals surface area contributed by atoms with Gasteiger partial charge in [-0.2, -0.15) is 5.10 Å². The normalized spacial score (nSPS) is 31.6. The van der Waals surface area contributed by atoms with Crippen LogP contribution in [0, 0.1) is 11.8 Å². The number of carbonyl (C=O) groups is 1. The molecule has 1 amide bonds. The van der Waals surface area contributed by atoms with E-state index in [4.69, 9.17) is 4.74 Å². The number of morpholine rings is 1. The third-order valence-electron chi connectivity index (χ3n) is 5.04. The quantitative estimate of drug-likeness (QED) is 0.851. The van der Waals surface area contributed by atoms with Crippen LogP contribution in [-0.4, -0.2) is 82.1 Å². The maximum absolute atomic E-state index is 12.6. The Balaban J connectivity index is 1.63. The fraction of sp³-hybridized carbons (Fsp3) is 0.765. The zero-order valence-electron chi connectivity index (χ0n) is 14.8. The Bertz CT molecular complexity index is 566. The van der Waals surface area contributed by atoms with Crippen molar-refractivity contribution in [3.63, 3.8) is 0 Å². The SMILES string of the molecule is CC1CN(CC2CN(C(=O)c3cnn(C)c3)CC2CO)CC(C)O1. The molecule has 1 N–H and O–H groups in total. The minimum Gasteiger partial charge on any atom is -0.396 e. The van der Waals surface area contributed by atoms with E-state index in [1.54, 1.807) is 24.1 Å². The minimum atomic E-state index is 0.00719. The lowest BCUT2D eigenvalue weighted by molar-refractivity contribution is -0.0726. The van der Waals surface area contributed by atoms with Crippen molar-refractivity contribution in [3.05, 3.63) is 18.0 Å². The van der Waals surface area contributed by atoms with E-state index in [1.807, 2.05) is 4.90 Å². The Morgan fingerprint density at radius 2 is 1.92 bits per heavy atom. The van der Waals surface area contributed by atoms with Crippen molar-refractivity contribution in [1.29, 1.82) is 0 Å². The molecule has 4 unspecified atom stereocenters. The van der Waals surface area contributed by atoms with Gasteiger partial charge in [0.1, 0.15) is 0 Å². The van der Waals surface area contributed by atoms with Gasteiger partial charge in [-0.15, -0.1) is 0 Å². The molecule has 4 atom stereocenters. The lowest BCUT2D eigenvalue weighted by atomic mass is 9.96. The van der Waals surface area contributed by atoms with Crippen LogP contribution in [0.15, 0.2) is 12.4 Å². The van der Waals surface area contributed by atoms with Gasteiger partial charge >= 0.3 is 0 Å². The molecule has 24 heavy (non-hydrogen) atoms. The molecule has 1 aromatic rings. The number of carbonyl (C=O) groups excluding carboxylic acids is 1. The summed E-state index contributed by atoms with van der Waals surface area (Å²) in [6.45, 7) is 8.35. The molecule has 2 fully saturated rings. The van der Waals surface area contributed by atoms with Crippen LogP contribution in [0.3, 0.4) is 0 Å². The zero-order chi connectivity index (χ0) is 17.3. The van der Waals surface area contributed by atoms with E-state index in [9.17, 15) is 9.90 Å². The summed E-state index contributed by atoms with van der Waals surface area (Å²) < 4.78 is 7.43. The van der Waals surface area contributed by atoms with Crippen LogP contribution in [0.1, 0.15) is 24.2 Å². The van der Waals surface area contributed by atoms with Crippen LogP contribution >= 0.6 is 0 Å². The molecule has 0 radical (unpaired) electrons. The van der Waals surface area contributed by atoms with Gasteiger partial charge in [0.05, 0.1) is 24.0 Å². The van der Waals surface area contributed by atoms with E-state index in [0.717, 1.165) is 19.6 Å². The predicted molar refractivity (Wildman–Crippen MR) is 89.6 cm³/mol. The van der Waals surface area contributed by atoms with Gasteiger partial charge < -0.3 is 14.7 Å². The number of aliphatic hydroxyl groups is 1. The summed E-state index contributed by atoms with van der Waals surface area (Å²) in [7, 11) is 1.81. The third-order valence-corrected chi connectivity index (χ3v) is 5.04. The molecule has 0 bridgehead atoms. The van der Waals surface area contributed by atoms with Crippen LogP contribution in [0.5, 0.6) is 0 Å². The van der Waals surface area contributed by atoms with Gasteiger partial charge in [0.25, 0.3) is 5.91 Å². The summed E-state index contributed by atoms with van der Waals surface area (Å²) in [4.78, 5) is 16.9. The molecule has 2 aliphatic heterocycles. The minimum absolute atomic E-state index is 0.00719. The first-order chi connectivity index (χ1) is 11.5. The van der Waals surface area contributed by atoms with Crippen LogP contribution in [0.2, 0.25) is 0 Å². The van der Waals surface area contributed by atoms with Gasteiger partial charge in [0, 0.05) is 58.5 Å². The summed E-state index contributed by atoms with van der Waals surface area (Å²) in [6.07, 6.45) is 3.82. The second-order valence-electron chi connectivity index (χ2n) is 7.29. The van der Waals surface area contributed by atoms with Crippen LogP contribution in [0.25, 0.3) is 0 Å². The third kappa shape index (κ3) is 3.79. The monoisotopic (exact) mass is 336 g/mol. The van der Waals surface area contributed by atoms with Gasteiger partial charge in [-0.25, -0.2) is 0 Å². The van der Waals surface area contributed by atoms with E-state index in [0.29, 0.717) is 24.6 Å². The highest BCUT2D eigenvalue weighted by atomic mass is 16.5. The zero-order valence-corrected chi connectivity index (χ0v) is 14.8. The Labute approximate surface area is 143 Å². The number of likely N-dealkylation sites (tertiary alicyclic amines) is 1. The van der Waals surface area contributed by atoms with Crippen molar-refractivity contribution in [3.8, 4) is 0 Å². The van der Waals surface area contributed by atoms with E-state index in [2.05, 4.69) is 23.8 Å². The van der Waals surface area contributed by atoms with E-state index in [-0.39, 0.29) is 30.6 Å². The van der Waals surface area contributed by atoms with Gasteiger partial charge in [-0.1, -0.05) is 0 Å². The second kappa shape index (κ2) is 7.21. The Kier molecular flexibility index (Phi) is 5.22. The van der Waals surface area contributed by atoms with Crippen molar-refractivity contribution in [1.82, 2.24) is 19.6 Å². The summed E-state index contributed by atoms with van der Waals surface area (Å²) in [5.74, 6) is 0.444. The Morgan fingerprint density at radius 3 is 2.50 bits per heavy atom. The molecule has 7 nitrogen and oxygen atoms in total. The average molecular weight is 336 g/mol. The van der Waals surface area contributed by atoms with Crippen molar-refractivity contribution in [2.75, 3.05) is 39.3 Å². The summed E-state index contributed by atoms with van der Waals surface area (Å²) in [5.41, 5.74) is 0.614. The predicted octanol–water partition coefficient (Wildman–Crippen LogP) is 0.210. The fourth-order valence-corrected chi connectivity index (χ4v) is 4.00. The molecule has 1 aromatic heterocycles. The standard InChI is InChI=1S/C17H28N4O3/c1-12-5-20(6-13(2)24-12)8-15-9-21(10-16(15)11-22)17(23)14-4-18-19(3)7-14/h4,7,12-13,15-16,22H,5-6,8-11H2,1-3H3. The highest BCUT2D eigenvalue weighted by Crippen LogP contribution is 2.26. The van der Waals surface area contributed by atoms with Crippen LogP contribution < -0.4 is 0 Å². The molecule has 0 saturated carbocycles. The number of hydrogen-bond acceptors (Lipinski definition) is 5. The number of hydrogen-bond donors (Lipinski definition) is 1. The summed E-state index contributed by atoms with van der Waals surface area (Å²) in [6, 6.07) is 0. The topological polar surface area (TPSA) is 70.8 Å². The number of aryl methyl sites for hydroxylation is 1. The van der Waals surface area contributed by atoms with Crippen molar-refractivity contribution >= 4 is 5.91 Å². The lowest BCUT2D eigenvalue weighted by Gasteiger charge is -2.37. The molecule has 3 heterocycles. The molecule has 0 aliphatic carbocycles. The molecule has 3 rings (SSSR count). The molecular formula is C17H28N4O3. The average Bonchev–Trinajstić information content (AvgIpc) is 3.12. The van der Waals surface area contributed by atoms with E-state index in [1.165, 1.54) is 0 Å². The first-order valence-corrected chi connectivity index (χ1v) is 8.72. The molecule has 7 heteroatoms. The van der Waals surface area contributed by atoms with E-state index >= 15 is 0 Å². The maximum atomic E-state index is 12.6. The van der Waals surface area contributed by atoms with Crippen LogP contribution in [-0.2, 0) is 11.8 Å². The highest BCUT2D eigenvalue weighted by molar-refractivity contribution is 5.93. The number of amides is 1. The molecule has 2 saturated heterocycles. The molecule has 0 spiro atoms. The van der Waals surface area contributed by atoms with Gasteiger partial charge in [0.15, 0.2) is 0 Å². The summed E-state index contributed by atoms with van der Waals surface area (Å²) >= 11 is 0. The number of rotatable bonds is 4. The highest BCUT2D eigenvalue weighted by Gasteiger charge is 2.37. The smallest absolute Gasteiger partial charge is 0.257 e. The first-order valence-electron chi connectivity index (χ1n) is 8.72. The fourth-order valence-electron chi connectivity index (χ4n) is 4.00. The second-order valence-corrected chi connectivity index (χ2v) is 7.29. The Morgan fingerprint density at radius 1 is 1.25 bits per heavy atom. The molecule has 0 aromatic carbocycles. The van der Waals surface area contributed by atoms with Crippen molar-refractivity contribution in [2.24, 2.45) is 18.9 Å². The number of nitrogens with zero attached hydrogens (tertiary/aromatic N) is 4. The maximum Gasteiger partial charge on any atom is 0.257 e. The van der Waals surface area contributed by atoms with Gasteiger partial charge in [-0.3, -0.25) is 14.4 Å².